The number of likely N-dealkylation sites (N-methyl/N-ethyl adjacent to an activating group) is 2. The van der Waals surface area contributed by atoms with Crippen molar-refractivity contribution in [2.45, 2.75) is 6.04 Å². The predicted molar refractivity (Wildman–Crippen MR) is 77.8 cm³/mol. The lowest BCUT2D eigenvalue weighted by atomic mass is 10.0. The second kappa shape index (κ2) is 6.24. The molecule has 5 nitrogen and oxygen atoms in total. The van der Waals surface area contributed by atoms with E-state index in [1.54, 1.807) is 32.4 Å². The van der Waals surface area contributed by atoms with Crippen molar-refractivity contribution in [3.05, 3.63) is 23.8 Å². The summed E-state index contributed by atoms with van der Waals surface area (Å²) in [5.41, 5.74) is 0.633. The number of benzene rings is 1. The number of methoxy groups -OCH3 is 2. The van der Waals surface area contributed by atoms with Crippen molar-refractivity contribution in [1.29, 1.82) is 0 Å². The molecule has 1 aliphatic heterocycles. The number of ketones is 1. The third-order valence-electron chi connectivity index (χ3n) is 3.79. The number of hydrogen-bond acceptors (Lipinski definition) is 5. The van der Waals surface area contributed by atoms with Gasteiger partial charge >= 0.3 is 0 Å². The Morgan fingerprint density at radius 2 is 1.70 bits per heavy atom. The Balaban J connectivity index is 2.27. The van der Waals surface area contributed by atoms with E-state index in [-0.39, 0.29) is 11.8 Å². The third-order valence-corrected chi connectivity index (χ3v) is 3.79. The molecule has 1 aliphatic rings. The van der Waals surface area contributed by atoms with Crippen LogP contribution in [0.25, 0.3) is 0 Å². The van der Waals surface area contributed by atoms with Gasteiger partial charge in [0.25, 0.3) is 0 Å². The summed E-state index contributed by atoms with van der Waals surface area (Å²) < 4.78 is 10.5. The Bertz CT molecular complexity index is 468. The molecule has 1 aromatic rings. The first-order valence-corrected chi connectivity index (χ1v) is 6.71. The molecule has 2 rings (SSSR count). The van der Waals surface area contributed by atoms with Crippen molar-refractivity contribution >= 4 is 5.78 Å². The zero-order valence-electron chi connectivity index (χ0n) is 12.5. The molecular weight excluding hydrogens is 256 g/mol. The van der Waals surface area contributed by atoms with Crippen LogP contribution in [0, 0.1) is 0 Å². The number of hydrogen-bond donors (Lipinski definition) is 0. The number of piperazine rings is 1. The minimum absolute atomic E-state index is 0.108. The van der Waals surface area contributed by atoms with Gasteiger partial charge in [-0.25, -0.2) is 0 Å². The van der Waals surface area contributed by atoms with Gasteiger partial charge in [-0.05, 0) is 26.2 Å². The van der Waals surface area contributed by atoms with Gasteiger partial charge in [0.2, 0.25) is 0 Å². The maximum Gasteiger partial charge on any atom is 0.181 e. The molecule has 0 N–H and O–H groups in total. The van der Waals surface area contributed by atoms with Crippen LogP contribution in [0.15, 0.2) is 18.2 Å². The molecule has 0 aromatic heterocycles. The van der Waals surface area contributed by atoms with Crippen LogP contribution in [0.5, 0.6) is 11.5 Å². The van der Waals surface area contributed by atoms with Gasteiger partial charge < -0.3 is 14.4 Å². The highest BCUT2D eigenvalue weighted by Gasteiger charge is 2.29. The lowest BCUT2D eigenvalue weighted by Gasteiger charge is -2.36. The minimum Gasteiger partial charge on any atom is -0.497 e. The topological polar surface area (TPSA) is 42.0 Å². The lowest BCUT2D eigenvalue weighted by Crippen LogP contribution is -2.53. The number of Topliss-reactive ketones (excluding diaryl/α,β-unsaturated/α-hetero) is 1. The molecule has 0 amide bonds. The molecule has 1 fully saturated rings. The number of carbonyl (C=O) groups is 1. The SMILES string of the molecule is COc1cc(OC)cc(C(=O)C2CN(C)CCN2C)c1. The quantitative estimate of drug-likeness (QED) is 0.772. The molecule has 5 heteroatoms. The van der Waals surface area contributed by atoms with Crippen LogP contribution < -0.4 is 9.47 Å². The van der Waals surface area contributed by atoms with Gasteiger partial charge in [0.15, 0.2) is 5.78 Å². The summed E-state index contributed by atoms with van der Waals surface area (Å²) >= 11 is 0. The molecule has 1 saturated heterocycles. The standard InChI is InChI=1S/C15H22N2O3/c1-16-5-6-17(2)14(10-16)15(18)11-7-12(19-3)9-13(8-11)20-4/h7-9,14H,5-6,10H2,1-4H3. The van der Waals surface area contributed by atoms with E-state index in [1.807, 2.05) is 14.1 Å². The van der Waals surface area contributed by atoms with E-state index in [1.165, 1.54) is 0 Å². The summed E-state index contributed by atoms with van der Waals surface area (Å²) in [6, 6.07) is 5.19. The summed E-state index contributed by atoms with van der Waals surface area (Å²) in [4.78, 5) is 17.0. The highest BCUT2D eigenvalue weighted by Crippen LogP contribution is 2.24. The molecule has 1 atom stereocenters. The van der Waals surface area contributed by atoms with Crippen LogP contribution in [0.1, 0.15) is 10.4 Å². The summed E-state index contributed by atoms with van der Waals surface area (Å²) in [5, 5.41) is 0. The summed E-state index contributed by atoms with van der Waals surface area (Å²) in [6.45, 7) is 2.63. The Morgan fingerprint density at radius 3 is 2.25 bits per heavy atom. The fourth-order valence-electron chi connectivity index (χ4n) is 2.44. The highest BCUT2D eigenvalue weighted by molar-refractivity contribution is 6.01. The van der Waals surface area contributed by atoms with E-state index in [9.17, 15) is 4.79 Å². The van der Waals surface area contributed by atoms with Crippen molar-refractivity contribution < 1.29 is 14.3 Å². The first-order chi connectivity index (χ1) is 9.55. The predicted octanol–water partition coefficient (Wildman–Crippen LogP) is 1.13. The summed E-state index contributed by atoms with van der Waals surface area (Å²) in [6.07, 6.45) is 0. The number of rotatable bonds is 4. The molecule has 0 spiro atoms. The Labute approximate surface area is 120 Å². The van der Waals surface area contributed by atoms with Crippen molar-refractivity contribution in [1.82, 2.24) is 9.80 Å². The van der Waals surface area contributed by atoms with Crippen molar-refractivity contribution in [3.8, 4) is 11.5 Å². The monoisotopic (exact) mass is 278 g/mol. The van der Waals surface area contributed by atoms with E-state index in [0.717, 1.165) is 19.6 Å². The van der Waals surface area contributed by atoms with Crippen LogP contribution in [0.4, 0.5) is 0 Å². The van der Waals surface area contributed by atoms with Gasteiger partial charge in [-0.1, -0.05) is 0 Å². The average molecular weight is 278 g/mol. The zero-order chi connectivity index (χ0) is 14.7. The summed E-state index contributed by atoms with van der Waals surface area (Å²) in [5.74, 6) is 1.38. The van der Waals surface area contributed by atoms with Gasteiger partial charge in [0.1, 0.15) is 11.5 Å². The fraction of sp³-hybridized carbons (Fsp3) is 0.533. The van der Waals surface area contributed by atoms with Gasteiger partial charge in [0.05, 0.1) is 20.3 Å². The molecule has 0 aliphatic carbocycles. The zero-order valence-corrected chi connectivity index (χ0v) is 12.5. The molecule has 0 bridgehead atoms. The second-order valence-corrected chi connectivity index (χ2v) is 5.22. The molecule has 1 aromatic carbocycles. The van der Waals surface area contributed by atoms with Crippen molar-refractivity contribution in [3.63, 3.8) is 0 Å². The molecule has 1 unspecified atom stereocenters. The Kier molecular flexibility index (Phi) is 4.62. The van der Waals surface area contributed by atoms with Crippen LogP contribution >= 0.6 is 0 Å². The van der Waals surface area contributed by atoms with Crippen molar-refractivity contribution in [2.75, 3.05) is 47.9 Å². The average Bonchev–Trinajstić information content (AvgIpc) is 2.48. The smallest absolute Gasteiger partial charge is 0.181 e. The van der Waals surface area contributed by atoms with Crippen LogP contribution in [0.3, 0.4) is 0 Å². The van der Waals surface area contributed by atoms with E-state index in [2.05, 4.69) is 9.80 Å². The minimum atomic E-state index is -0.120. The second-order valence-electron chi connectivity index (χ2n) is 5.22. The van der Waals surface area contributed by atoms with Gasteiger partial charge in [-0.2, -0.15) is 0 Å². The van der Waals surface area contributed by atoms with Crippen molar-refractivity contribution in [2.24, 2.45) is 0 Å². The first kappa shape index (κ1) is 14.8. The molecule has 110 valence electrons. The van der Waals surface area contributed by atoms with Gasteiger partial charge in [-0.3, -0.25) is 9.69 Å². The largest absolute Gasteiger partial charge is 0.497 e. The fourth-order valence-corrected chi connectivity index (χ4v) is 2.44. The molecule has 0 saturated carbocycles. The normalized spacial score (nSPS) is 20.7. The third kappa shape index (κ3) is 3.11. The van der Waals surface area contributed by atoms with E-state index < -0.39 is 0 Å². The molecule has 1 heterocycles. The number of carbonyl (C=O) groups excluding carboxylic acids is 1. The van der Waals surface area contributed by atoms with E-state index >= 15 is 0 Å². The molecular formula is C15H22N2O3. The number of ether oxygens (including phenoxy) is 2. The Morgan fingerprint density at radius 1 is 1.10 bits per heavy atom. The van der Waals surface area contributed by atoms with Crippen LogP contribution in [-0.2, 0) is 0 Å². The maximum absolute atomic E-state index is 12.7. The van der Waals surface area contributed by atoms with Crippen LogP contribution in [-0.4, -0.2) is 69.6 Å². The first-order valence-electron chi connectivity index (χ1n) is 6.71. The maximum atomic E-state index is 12.7. The van der Waals surface area contributed by atoms with E-state index in [0.29, 0.717) is 17.1 Å². The van der Waals surface area contributed by atoms with Crippen LogP contribution in [0.2, 0.25) is 0 Å². The lowest BCUT2D eigenvalue weighted by molar-refractivity contribution is 0.0685. The molecule has 0 radical (unpaired) electrons. The summed E-state index contributed by atoms with van der Waals surface area (Å²) in [7, 11) is 7.21. The number of nitrogens with zero attached hydrogens (tertiary/aromatic N) is 2. The van der Waals surface area contributed by atoms with E-state index in [4.69, 9.17) is 9.47 Å². The Hall–Kier alpha value is -1.59. The van der Waals surface area contributed by atoms with Gasteiger partial charge in [0, 0.05) is 31.3 Å². The highest BCUT2D eigenvalue weighted by atomic mass is 16.5. The molecule has 20 heavy (non-hydrogen) atoms. The van der Waals surface area contributed by atoms with Gasteiger partial charge in [-0.15, -0.1) is 0 Å².